The molecule has 8 N–H and O–H groups in total. The van der Waals surface area contributed by atoms with E-state index in [0.29, 0.717) is 6.54 Å². The summed E-state index contributed by atoms with van der Waals surface area (Å²) in [5.74, 6) is -0.812. The van der Waals surface area contributed by atoms with Crippen molar-refractivity contribution in [2.75, 3.05) is 125 Å². The third-order valence-corrected chi connectivity index (χ3v) is 12.9. The molecule has 4 aliphatic heterocycles. The largest absolute Gasteiger partial charge is 0.374 e. The molecule has 0 radical (unpaired) electrons. The molecular formula is C64H116N12O9. The summed E-state index contributed by atoms with van der Waals surface area (Å²) in [5, 5.41) is 27.0. The van der Waals surface area contributed by atoms with Crippen molar-refractivity contribution in [1.82, 2.24) is 61.7 Å². The number of nitrogens with one attached hydrogen (secondary N) is 7. The van der Waals surface area contributed by atoms with E-state index in [2.05, 4.69) is 123 Å². The van der Waals surface area contributed by atoms with Crippen molar-refractivity contribution >= 4 is 47.3 Å². The Balaban J connectivity index is -0.000000446. The lowest BCUT2D eigenvalue weighted by molar-refractivity contribution is -0.127. The number of aliphatic hydroxyl groups excluding tert-OH is 1. The highest BCUT2D eigenvalue weighted by molar-refractivity contribution is 5.89. The highest BCUT2D eigenvalue weighted by Crippen LogP contribution is 2.10. The van der Waals surface area contributed by atoms with Crippen LogP contribution in [0.3, 0.4) is 0 Å². The normalized spacial score (nSPS) is 15.0. The Kier molecular flexibility index (Phi) is 59.2. The molecule has 1 atom stereocenters. The van der Waals surface area contributed by atoms with Crippen LogP contribution in [0.15, 0.2) is 101 Å². The molecular weight excluding hydrogens is 1080 g/mol. The maximum absolute atomic E-state index is 11.1. The topological polar surface area (TPSA) is 257 Å². The predicted octanol–water partition coefficient (Wildman–Crippen LogP) is 5.16. The minimum Gasteiger partial charge on any atom is -0.374 e. The van der Waals surface area contributed by atoms with Crippen molar-refractivity contribution in [3.63, 3.8) is 0 Å². The molecule has 4 heterocycles. The molecule has 85 heavy (non-hydrogen) atoms. The molecule has 0 aromatic heterocycles. The Morgan fingerprint density at radius 1 is 0.447 bits per heavy atom. The lowest BCUT2D eigenvalue weighted by atomic mass is 10.0. The van der Waals surface area contributed by atoms with Gasteiger partial charge in [0.1, 0.15) is 6.23 Å². The number of carbonyl (C=O) groups is 8. The highest BCUT2D eigenvalue weighted by atomic mass is 16.3. The predicted molar refractivity (Wildman–Crippen MR) is 349 cm³/mol. The molecule has 1 unspecified atom stereocenters. The quantitative estimate of drug-likeness (QED) is 0.0335. The number of rotatable bonds is 25. The second-order valence-corrected chi connectivity index (χ2v) is 20.6. The Morgan fingerprint density at radius 3 is 1.08 bits per heavy atom. The molecule has 8 amide bonds. The molecule has 21 heteroatoms. The molecule has 4 aliphatic rings. The first kappa shape index (κ1) is 84.9. The zero-order valence-electron chi connectivity index (χ0n) is 53.7. The molecule has 0 aliphatic carbocycles. The average molecular weight is 1200 g/mol. The zero-order chi connectivity index (χ0) is 65.1. The molecule has 486 valence electrons. The molecule has 21 nitrogen and oxygen atoms in total. The first-order valence-corrected chi connectivity index (χ1v) is 30.4. The number of carbonyl (C=O) groups excluding carboxylic acids is 8. The second-order valence-electron chi connectivity index (χ2n) is 20.6. The smallest absolute Gasteiger partial charge is 0.246 e. The Labute approximate surface area is 513 Å². The minimum absolute atomic E-state index is 0.0538. The van der Waals surface area contributed by atoms with Gasteiger partial charge in [-0.05, 0) is 187 Å². The maximum atomic E-state index is 11.1. The SMILES string of the molecule is C=CC(=O)N1CCN(C)CC1.C=CC(=O)NC(C)(C)CC.C=CC(=O)NC(C)O.C=CC(=O)NCC.C=CC(=O)NCCCC.C=CC(=O)NCCCN1CCCCC1.C=CC(=O)NCCN1CCCCC1.C=CC(=O)NCCN1CCCCC1. The second kappa shape index (κ2) is 59.2. The summed E-state index contributed by atoms with van der Waals surface area (Å²) in [6, 6.07) is 0. The number of amides is 8. The third-order valence-electron chi connectivity index (χ3n) is 12.9. The van der Waals surface area contributed by atoms with Gasteiger partial charge in [-0.3, -0.25) is 38.4 Å². The Hall–Kier alpha value is -6.52. The van der Waals surface area contributed by atoms with Crippen LogP contribution in [-0.2, 0) is 38.4 Å². The van der Waals surface area contributed by atoms with Crippen LogP contribution in [0.1, 0.15) is 125 Å². The Morgan fingerprint density at radius 2 is 0.788 bits per heavy atom. The molecule has 0 spiro atoms. The maximum Gasteiger partial charge on any atom is 0.246 e. The van der Waals surface area contributed by atoms with Gasteiger partial charge >= 0.3 is 0 Å². The number of hydrogen-bond donors (Lipinski definition) is 8. The molecule has 4 fully saturated rings. The molecule has 0 aromatic rings. The van der Waals surface area contributed by atoms with Crippen LogP contribution in [0.4, 0.5) is 0 Å². The van der Waals surface area contributed by atoms with Gasteiger partial charge in [0.2, 0.25) is 47.3 Å². The van der Waals surface area contributed by atoms with E-state index in [1.165, 1.54) is 147 Å². The van der Waals surface area contributed by atoms with Gasteiger partial charge in [0.25, 0.3) is 0 Å². The van der Waals surface area contributed by atoms with Gasteiger partial charge in [-0.2, -0.15) is 0 Å². The fourth-order valence-electron chi connectivity index (χ4n) is 7.55. The van der Waals surface area contributed by atoms with E-state index in [9.17, 15) is 38.4 Å². The van der Waals surface area contributed by atoms with Gasteiger partial charge in [0.05, 0.1) is 0 Å². The monoisotopic (exact) mass is 1200 g/mol. The summed E-state index contributed by atoms with van der Waals surface area (Å²) in [5.41, 5.74) is -0.106. The number of nitrogens with zero attached hydrogens (tertiary/aromatic N) is 5. The van der Waals surface area contributed by atoms with E-state index in [-0.39, 0.29) is 52.8 Å². The van der Waals surface area contributed by atoms with Crippen molar-refractivity contribution in [3.05, 3.63) is 101 Å². The summed E-state index contributed by atoms with van der Waals surface area (Å²) in [6.45, 7) is 55.8. The van der Waals surface area contributed by atoms with Gasteiger partial charge in [-0.15, -0.1) is 0 Å². The van der Waals surface area contributed by atoms with E-state index in [1.807, 2.05) is 32.6 Å². The molecule has 4 rings (SSSR count). The molecule has 0 saturated carbocycles. The van der Waals surface area contributed by atoms with Crippen molar-refractivity contribution in [2.24, 2.45) is 0 Å². The molecule has 4 saturated heterocycles. The fraction of sp³-hybridized carbons (Fsp3) is 0.625. The van der Waals surface area contributed by atoms with Gasteiger partial charge < -0.3 is 66.8 Å². The third kappa shape index (κ3) is 59.0. The van der Waals surface area contributed by atoms with Crippen molar-refractivity contribution < 1.29 is 43.5 Å². The van der Waals surface area contributed by atoms with E-state index in [0.717, 1.165) is 104 Å². The lowest BCUT2D eigenvalue weighted by Crippen LogP contribution is -2.46. The lowest BCUT2D eigenvalue weighted by Gasteiger charge is -2.31. The number of hydrogen-bond acceptors (Lipinski definition) is 13. The van der Waals surface area contributed by atoms with Crippen molar-refractivity contribution in [3.8, 4) is 0 Å². The van der Waals surface area contributed by atoms with E-state index in [1.54, 1.807) is 0 Å². The number of aliphatic hydroxyl groups is 1. The molecule has 0 aromatic carbocycles. The van der Waals surface area contributed by atoms with Crippen molar-refractivity contribution in [2.45, 2.75) is 137 Å². The van der Waals surface area contributed by atoms with Crippen LogP contribution >= 0.6 is 0 Å². The van der Waals surface area contributed by atoms with Gasteiger partial charge in [0, 0.05) is 77.5 Å². The summed E-state index contributed by atoms with van der Waals surface area (Å²) in [6.07, 6.45) is 25.5. The van der Waals surface area contributed by atoms with Crippen LogP contribution in [0.25, 0.3) is 0 Å². The van der Waals surface area contributed by atoms with E-state index in [4.69, 9.17) is 5.11 Å². The average Bonchev–Trinajstić information content (AvgIpc) is 3.52. The number of unbranched alkanes of at least 4 members (excludes halogenated alkanes) is 1. The summed E-state index contributed by atoms with van der Waals surface area (Å²) >= 11 is 0. The first-order valence-electron chi connectivity index (χ1n) is 30.4. The highest BCUT2D eigenvalue weighted by Gasteiger charge is 2.17. The van der Waals surface area contributed by atoms with E-state index >= 15 is 0 Å². The summed E-state index contributed by atoms with van der Waals surface area (Å²) < 4.78 is 0. The van der Waals surface area contributed by atoms with Crippen LogP contribution in [0, 0.1) is 0 Å². The van der Waals surface area contributed by atoms with E-state index < -0.39 is 6.23 Å². The van der Waals surface area contributed by atoms with Gasteiger partial charge in [-0.25, -0.2) is 0 Å². The summed E-state index contributed by atoms with van der Waals surface area (Å²) in [7, 11) is 2.07. The van der Waals surface area contributed by atoms with Gasteiger partial charge in [0.15, 0.2) is 0 Å². The van der Waals surface area contributed by atoms with Crippen molar-refractivity contribution in [1.29, 1.82) is 0 Å². The first-order chi connectivity index (χ1) is 40.5. The number of likely N-dealkylation sites (tertiary alicyclic amines) is 3. The fourth-order valence-corrected chi connectivity index (χ4v) is 7.55. The van der Waals surface area contributed by atoms with Crippen LogP contribution in [-0.4, -0.2) is 213 Å². The summed E-state index contributed by atoms with van der Waals surface area (Å²) in [4.78, 5) is 96.4. The standard InChI is InChI=1S/C11H20N2O.2C10H18N2O.C8H14N2O.C8H15NO.C7H13NO.C5H9NO2.C5H9NO/c1-2-11(14)12-7-6-10-13-8-4-3-5-9-13;2*1-2-10(13)11-6-9-12-7-4-3-5-8-12;1-3-8(11)10-6-4-9(2)5-7-10;1-5-7(10)9-8(3,4)6-2;1-3-5-6-8-7(9)4-2;1-3-5(8)6-4(2)7;1-3-5(7)6-4-2/h2H,1,3-10H2,(H,12,14);2*2H,1,3-9H2,(H,11,13);3H,1,4-7H2,2H3;5H,1,6H2,2-4H3,(H,9,10);4H,2-3,5-6H2,1H3,(H,8,9);3-4,7H,1H2,2H3,(H,6,8);3H,1,4H2,2H3,(H,6,7). The number of likely N-dealkylation sites (N-methyl/N-ethyl adjacent to an activating group) is 2. The van der Waals surface area contributed by atoms with Crippen LogP contribution < -0.4 is 37.2 Å². The van der Waals surface area contributed by atoms with Gasteiger partial charge in [-0.1, -0.05) is 92.2 Å². The van der Waals surface area contributed by atoms with Crippen LogP contribution in [0.2, 0.25) is 0 Å². The molecule has 0 bridgehead atoms. The van der Waals surface area contributed by atoms with Crippen LogP contribution in [0.5, 0.6) is 0 Å². The zero-order valence-corrected chi connectivity index (χ0v) is 53.7. The number of piperazine rings is 1. The number of piperidine rings is 3. The Bertz CT molecular complexity index is 1860. The minimum atomic E-state index is -0.791.